The third-order valence-corrected chi connectivity index (χ3v) is 4.27. The monoisotopic (exact) mass is 283 g/mol. The summed E-state index contributed by atoms with van der Waals surface area (Å²) in [6.45, 7) is 6.82. The topological polar surface area (TPSA) is 23.8 Å². The van der Waals surface area contributed by atoms with Crippen LogP contribution in [0.2, 0.25) is 0 Å². The van der Waals surface area contributed by atoms with Crippen LogP contribution in [-0.4, -0.2) is 0 Å². The maximum atomic E-state index is 8.60. The van der Waals surface area contributed by atoms with Gasteiger partial charge in [-0.05, 0) is 50.0 Å². The number of nitrogens with zero attached hydrogens (tertiary/aromatic N) is 1. The third kappa shape index (κ3) is 7.14. The Labute approximate surface area is 130 Å². The molecular formula is C20H29N. The lowest BCUT2D eigenvalue weighted by molar-refractivity contribution is 0.455. The molecule has 0 aliphatic heterocycles. The van der Waals surface area contributed by atoms with Gasteiger partial charge in [0, 0.05) is 6.42 Å². The first-order valence-electron chi connectivity index (χ1n) is 8.24. The fraction of sp³-hybridized carbons (Fsp3) is 0.550. The summed E-state index contributed by atoms with van der Waals surface area (Å²) < 4.78 is 0. The maximum absolute atomic E-state index is 8.60. The van der Waals surface area contributed by atoms with E-state index in [2.05, 4.69) is 63.2 Å². The van der Waals surface area contributed by atoms with Crippen LogP contribution >= 0.6 is 0 Å². The fourth-order valence-electron chi connectivity index (χ4n) is 2.64. The highest BCUT2D eigenvalue weighted by Gasteiger charge is 2.13. The molecular weight excluding hydrogens is 254 g/mol. The molecule has 2 atom stereocenters. The highest BCUT2D eigenvalue weighted by Crippen LogP contribution is 2.29. The van der Waals surface area contributed by atoms with E-state index in [1.165, 1.54) is 24.0 Å². The van der Waals surface area contributed by atoms with Crippen LogP contribution in [-0.2, 0) is 0 Å². The normalized spacial score (nSPS) is 14.5. The number of hydrogen-bond acceptors (Lipinski definition) is 1. The van der Waals surface area contributed by atoms with Crippen molar-refractivity contribution in [3.8, 4) is 6.07 Å². The van der Waals surface area contributed by atoms with Gasteiger partial charge in [-0.1, -0.05) is 62.2 Å². The summed E-state index contributed by atoms with van der Waals surface area (Å²) in [4.78, 5) is 0. The molecule has 1 heteroatoms. The van der Waals surface area contributed by atoms with Crippen LogP contribution in [0.5, 0.6) is 0 Å². The van der Waals surface area contributed by atoms with Crippen LogP contribution in [0.4, 0.5) is 0 Å². The van der Waals surface area contributed by atoms with Crippen molar-refractivity contribution in [1.29, 1.82) is 5.26 Å². The van der Waals surface area contributed by atoms with Crippen molar-refractivity contribution in [2.24, 2.45) is 5.92 Å². The number of unbranched alkanes of at least 4 members (excludes halogenated alkanes) is 1. The van der Waals surface area contributed by atoms with Crippen LogP contribution in [0.3, 0.4) is 0 Å². The summed E-state index contributed by atoms with van der Waals surface area (Å²) in [7, 11) is 0. The van der Waals surface area contributed by atoms with E-state index in [0.29, 0.717) is 12.3 Å². The van der Waals surface area contributed by atoms with Crippen molar-refractivity contribution in [3.05, 3.63) is 47.5 Å². The van der Waals surface area contributed by atoms with Crippen molar-refractivity contribution in [1.82, 2.24) is 0 Å². The largest absolute Gasteiger partial charge is 0.198 e. The van der Waals surface area contributed by atoms with Crippen molar-refractivity contribution >= 4 is 0 Å². The molecule has 0 saturated carbocycles. The quantitative estimate of drug-likeness (QED) is 0.389. The molecule has 0 saturated heterocycles. The van der Waals surface area contributed by atoms with E-state index in [0.717, 1.165) is 25.2 Å². The maximum Gasteiger partial charge on any atom is 0.0621 e. The summed E-state index contributed by atoms with van der Waals surface area (Å²) in [5, 5.41) is 8.60. The number of benzene rings is 1. The van der Waals surface area contributed by atoms with E-state index in [-0.39, 0.29) is 0 Å². The number of rotatable bonds is 9. The number of nitriles is 1. The molecule has 0 heterocycles. The molecule has 0 N–H and O–H groups in total. The molecule has 0 spiro atoms. The molecule has 0 aliphatic rings. The predicted molar refractivity (Wildman–Crippen MR) is 91.1 cm³/mol. The molecule has 0 amide bonds. The lowest BCUT2D eigenvalue weighted by atomic mass is 9.85. The first kappa shape index (κ1) is 17.5. The highest BCUT2D eigenvalue weighted by atomic mass is 14.2. The minimum absolute atomic E-state index is 0.618. The summed E-state index contributed by atoms with van der Waals surface area (Å²) in [5.74, 6) is 1.38. The summed E-state index contributed by atoms with van der Waals surface area (Å²) in [6, 6.07) is 13.1. The van der Waals surface area contributed by atoms with E-state index < -0.39 is 0 Å². The molecule has 0 aromatic heterocycles. The molecule has 1 rings (SSSR count). The lowest BCUT2D eigenvalue weighted by Crippen LogP contribution is -2.04. The van der Waals surface area contributed by atoms with Gasteiger partial charge in [0.1, 0.15) is 0 Å². The second-order valence-electron chi connectivity index (χ2n) is 6.15. The Bertz CT molecular complexity index is 452. The van der Waals surface area contributed by atoms with Gasteiger partial charge in [-0.15, -0.1) is 0 Å². The van der Waals surface area contributed by atoms with Crippen LogP contribution in [0.25, 0.3) is 0 Å². The Hall–Kier alpha value is -1.55. The predicted octanol–water partition coefficient (Wildman–Crippen LogP) is 6.24. The molecule has 1 aromatic rings. The summed E-state index contributed by atoms with van der Waals surface area (Å²) >= 11 is 0. The van der Waals surface area contributed by atoms with Crippen LogP contribution in [0.1, 0.15) is 70.8 Å². The standard InChI is InChI=1S/C20H29N/c1-4-17(2)16-20(19-11-6-5-7-12-19)14-13-18(3)10-8-9-15-21/h5-7,11-13,17,20H,4,8-10,14,16H2,1-3H3/b18-13+. The Morgan fingerprint density at radius 2 is 2.00 bits per heavy atom. The Kier molecular flexibility index (Phi) is 8.51. The Morgan fingerprint density at radius 3 is 2.62 bits per heavy atom. The molecule has 1 aromatic carbocycles. The molecule has 21 heavy (non-hydrogen) atoms. The van der Waals surface area contributed by atoms with Crippen LogP contribution in [0, 0.1) is 17.2 Å². The molecule has 0 bridgehead atoms. The zero-order valence-corrected chi connectivity index (χ0v) is 13.8. The second-order valence-corrected chi connectivity index (χ2v) is 6.15. The summed E-state index contributed by atoms with van der Waals surface area (Å²) in [6.07, 6.45) is 8.71. The van der Waals surface area contributed by atoms with Gasteiger partial charge in [0.25, 0.3) is 0 Å². The molecule has 0 aliphatic carbocycles. The van der Waals surface area contributed by atoms with Crippen LogP contribution < -0.4 is 0 Å². The number of allylic oxidation sites excluding steroid dienone is 2. The highest BCUT2D eigenvalue weighted by molar-refractivity contribution is 5.21. The number of hydrogen-bond donors (Lipinski definition) is 0. The van der Waals surface area contributed by atoms with Gasteiger partial charge in [0.2, 0.25) is 0 Å². The second kappa shape index (κ2) is 10.2. The van der Waals surface area contributed by atoms with Crippen molar-refractivity contribution in [2.75, 3.05) is 0 Å². The van der Waals surface area contributed by atoms with E-state index in [4.69, 9.17) is 5.26 Å². The Balaban J connectivity index is 2.65. The molecule has 0 radical (unpaired) electrons. The zero-order chi connectivity index (χ0) is 15.5. The average molecular weight is 283 g/mol. The van der Waals surface area contributed by atoms with E-state index in [9.17, 15) is 0 Å². The van der Waals surface area contributed by atoms with Gasteiger partial charge < -0.3 is 0 Å². The van der Waals surface area contributed by atoms with Crippen molar-refractivity contribution in [2.45, 2.75) is 65.2 Å². The minimum Gasteiger partial charge on any atom is -0.198 e. The van der Waals surface area contributed by atoms with E-state index in [1.54, 1.807) is 0 Å². The Morgan fingerprint density at radius 1 is 1.29 bits per heavy atom. The first-order chi connectivity index (χ1) is 10.2. The summed E-state index contributed by atoms with van der Waals surface area (Å²) in [5.41, 5.74) is 2.88. The van der Waals surface area contributed by atoms with Gasteiger partial charge >= 0.3 is 0 Å². The smallest absolute Gasteiger partial charge is 0.0621 e. The molecule has 0 fully saturated rings. The van der Waals surface area contributed by atoms with Crippen molar-refractivity contribution in [3.63, 3.8) is 0 Å². The molecule has 1 nitrogen and oxygen atoms in total. The fourth-order valence-corrected chi connectivity index (χ4v) is 2.64. The minimum atomic E-state index is 0.618. The van der Waals surface area contributed by atoms with Crippen molar-refractivity contribution < 1.29 is 0 Å². The average Bonchev–Trinajstić information content (AvgIpc) is 2.52. The SMILES string of the molecule is CCC(C)CC(C/C=C(\C)CCCC#N)c1ccccc1. The van der Waals surface area contributed by atoms with E-state index >= 15 is 0 Å². The zero-order valence-electron chi connectivity index (χ0n) is 13.8. The van der Waals surface area contributed by atoms with Gasteiger partial charge in [-0.2, -0.15) is 5.26 Å². The van der Waals surface area contributed by atoms with Gasteiger partial charge in [0.05, 0.1) is 6.07 Å². The van der Waals surface area contributed by atoms with Gasteiger partial charge in [0.15, 0.2) is 0 Å². The lowest BCUT2D eigenvalue weighted by Gasteiger charge is -2.20. The van der Waals surface area contributed by atoms with Gasteiger partial charge in [-0.3, -0.25) is 0 Å². The van der Waals surface area contributed by atoms with E-state index in [1.807, 2.05) is 0 Å². The molecule has 2 unspecified atom stereocenters. The van der Waals surface area contributed by atoms with Gasteiger partial charge in [-0.25, -0.2) is 0 Å². The third-order valence-electron chi connectivity index (χ3n) is 4.27. The molecule has 114 valence electrons. The van der Waals surface area contributed by atoms with Crippen LogP contribution in [0.15, 0.2) is 42.0 Å². The first-order valence-corrected chi connectivity index (χ1v) is 8.24.